The summed E-state index contributed by atoms with van der Waals surface area (Å²) in [5.74, 6) is 0. The van der Waals surface area contributed by atoms with Crippen LogP contribution in [0.25, 0.3) is 0 Å². The van der Waals surface area contributed by atoms with Crippen molar-refractivity contribution < 1.29 is 5.11 Å². The maximum atomic E-state index is 11.3. The first-order valence-electron chi connectivity index (χ1n) is 7.55. The Morgan fingerprint density at radius 2 is 1.57 bits per heavy atom. The minimum Gasteiger partial charge on any atom is -0.385 e. The van der Waals surface area contributed by atoms with E-state index >= 15 is 0 Å². The predicted octanol–water partition coefficient (Wildman–Crippen LogP) is 2.95. The average Bonchev–Trinajstić information content (AvgIpc) is 2.88. The Morgan fingerprint density at radius 1 is 1.05 bits per heavy atom. The minimum absolute atomic E-state index is 0.327. The Morgan fingerprint density at radius 3 is 2.05 bits per heavy atom. The van der Waals surface area contributed by atoms with E-state index in [1.165, 1.54) is 16.7 Å². The molecule has 110 valence electrons. The summed E-state index contributed by atoms with van der Waals surface area (Å²) in [5, 5.41) is 11.3. The van der Waals surface area contributed by atoms with E-state index in [0.717, 1.165) is 18.4 Å². The minimum atomic E-state index is -0.936. The van der Waals surface area contributed by atoms with Gasteiger partial charge in [0.25, 0.3) is 0 Å². The van der Waals surface area contributed by atoms with Crippen LogP contribution in [0.3, 0.4) is 0 Å². The molecule has 2 aromatic rings. The van der Waals surface area contributed by atoms with Gasteiger partial charge in [-0.05, 0) is 43.4 Å². The standard InChI is InChI=1S/C19H23NO/c1-14-7-9-17(10-8-14)18(2,21)19(13-20)11-15-5-3-4-6-16(15)12-19/h3-10,21H,11-13,20H2,1-2H3. The van der Waals surface area contributed by atoms with Gasteiger partial charge in [0.1, 0.15) is 0 Å². The molecule has 0 bridgehead atoms. The summed E-state index contributed by atoms with van der Waals surface area (Å²) in [5.41, 5.74) is 9.66. The van der Waals surface area contributed by atoms with Gasteiger partial charge in [0.2, 0.25) is 0 Å². The van der Waals surface area contributed by atoms with Crippen molar-refractivity contribution in [3.63, 3.8) is 0 Å². The van der Waals surface area contributed by atoms with Gasteiger partial charge in [-0.1, -0.05) is 54.1 Å². The van der Waals surface area contributed by atoms with Crippen molar-refractivity contribution in [2.75, 3.05) is 6.54 Å². The normalized spacial score (nSPS) is 19.0. The molecule has 2 nitrogen and oxygen atoms in total. The van der Waals surface area contributed by atoms with E-state index in [2.05, 4.69) is 43.3 Å². The van der Waals surface area contributed by atoms with E-state index in [4.69, 9.17) is 5.73 Å². The van der Waals surface area contributed by atoms with E-state index in [1.807, 2.05) is 19.1 Å². The Bertz CT molecular complexity index is 618. The third kappa shape index (κ3) is 2.19. The lowest BCUT2D eigenvalue weighted by atomic mass is 9.67. The Balaban J connectivity index is 2.02. The molecule has 0 aromatic heterocycles. The van der Waals surface area contributed by atoms with Gasteiger partial charge >= 0.3 is 0 Å². The fraction of sp³-hybridized carbons (Fsp3) is 0.368. The largest absolute Gasteiger partial charge is 0.385 e. The molecule has 3 rings (SSSR count). The van der Waals surface area contributed by atoms with Crippen molar-refractivity contribution in [2.24, 2.45) is 11.1 Å². The van der Waals surface area contributed by atoms with Gasteiger partial charge in [-0.3, -0.25) is 0 Å². The van der Waals surface area contributed by atoms with E-state index < -0.39 is 5.60 Å². The molecule has 0 saturated carbocycles. The molecule has 1 atom stereocenters. The highest BCUT2D eigenvalue weighted by molar-refractivity contribution is 5.39. The van der Waals surface area contributed by atoms with Crippen LogP contribution in [-0.4, -0.2) is 11.7 Å². The summed E-state index contributed by atoms with van der Waals surface area (Å²) in [6, 6.07) is 16.6. The highest BCUT2D eigenvalue weighted by Gasteiger charge is 2.50. The second-order valence-corrected chi connectivity index (χ2v) is 6.54. The van der Waals surface area contributed by atoms with E-state index in [-0.39, 0.29) is 5.41 Å². The lowest BCUT2D eigenvalue weighted by Crippen LogP contribution is -2.49. The first kappa shape index (κ1) is 14.3. The molecule has 21 heavy (non-hydrogen) atoms. The molecule has 3 N–H and O–H groups in total. The first-order valence-corrected chi connectivity index (χ1v) is 7.55. The highest BCUT2D eigenvalue weighted by Crippen LogP contribution is 2.48. The van der Waals surface area contributed by atoms with Gasteiger partial charge < -0.3 is 10.8 Å². The maximum absolute atomic E-state index is 11.3. The molecule has 1 unspecified atom stereocenters. The zero-order chi connectivity index (χ0) is 15.1. The number of benzene rings is 2. The Hall–Kier alpha value is -1.64. The van der Waals surface area contributed by atoms with Crippen LogP contribution in [0.2, 0.25) is 0 Å². The zero-order valence-electron chi connectivity index (χ0n) is 12.8. The molecular formula is C19H23NO. The lowest BCUT2D eigenvalue weighted by Gasteiger charge is -2.42. The van der Waals surface area contributed by atoms with Crippen molar-refractivity contribution in [3.8, 4) is 0 Å². The van der Waals surface area contributed by atoms with Gasteiger partial charge in [0.05, 0.1) is 5.60 Å². The molecule has 0 aliphatic heterocycles. The molecule has 1 aliphatic carbocycles. The lowest BCUT2D eigenvalue weighted by molar-refractivity contribution is -0.0675. The molecule has 0 spiro atoms. The second kappa shape index (κ2) is 4.97. The Labute approximate surface area is 126 Å². The van der Waals surface area contributed by atoms with Crippen LogP contribution in [0.4, 0.5) is 0 Å². The second-order valence-electron chi connectivity index (χ2n) is 6.54. The van der Waals surface area contributed by atoms with Crippen molar-refractivity contribution in [1.29, 1.82) is 0 Å². The van der Waals surface area contributed by atoms with Crippen LogP contribution in [0, 0.1) is 12.3 Å². The summed E-state index contributed by atoms with van der Waals surface area (Å²) < 4.78 is 0. The van der Waals surface area contributed by atoms with Crippen molar-refractivity contribution in [3.05, 3.63) is 70.8 Å². The zero-order valence-corrected chi connectivity index (χ0v) is 12.8. The van der Waals surface area contributed by atoms with Gasteiger partial charge in [0.15, 0.2) is 0 Å². The topological polar surface area (TPSA) is 46.2 Å². The van der Waals surface area contributed by atoms with Crippen LogP contribution in [0.15, 0.2) is 48.5 Å². The molecule has 0 saturated heterocycles. The molecule has 1 aliphatic rings. The van der Waals surface area contributed by atoms with Gasteiger partial charge in [-0.15, -0.1) is 0 Å². The fourth-order valence-electron chi connectivity index (χ4n) is 3.57. The number of hydrogen-bond acceptors (Lipinski definition) is 2. The molecule has 2 heteroatoms. The highest BCUT2D eigenvalue weighted by atomic mass is 16.3. The number of aliphatic hydroxyl groups is 1. The molecule has 0 radical (unpaired) electrons. The summed E-state index contributed by atoms with van der Waals surface area (Å²) in [6.07, 6.45) is 1.67. The molecule has 0 heterocycles. The van der Waals surface area contributed by atoms with Crippen molar-refractivity contribution in [1.82, 2.24) is 0 Å². The third-order valence-corrected chi connectivity index (χ3v) is 5.21. The number of fused-ring (bicyclic) bond motifs is 1. The average molecular weight is 281 g/mol. The van der Waals surface area contributed by atoms with Gasteiger partial charge in [0, 0.05) is 12.0 Å². The predicted molar refractivity (Wildman–Crippen MR) is 86.1 cm³/mol. The van der Waals surface area contributed by atoms with E-state index in [0.29, 0.717) is 6.54 Å². The Kier molecular flexibility index (Phi) is 3.39. The summed E-state index contributed by atoms with van der Waals surface area (Å²) >= 11 is 0. The monoisotopic (exact) mass is 281 g/mol. The van der Waals surface area contributed by atoms with Gasteiger partial charge in [-0.2, -0.15) is 0 Å². The van der Waals surface area contributed by atoms with Crippen molar-refractivity contribution in [2.45, 2.75) is 32.3 Å². The molecular weight excluding hydrogens is 258 g/mol. The van der Waals surface area contributed by atoms with Crippen LogP contribution in [-0.2, 0) is 18.4 Å². The molecule has 2 aromatic carbocycles. The fourth-order valence-corrected chi connectivity index (χ4v) is 3.57. The first-order chi connectivity index (χ1) is 9.98. The smallest absolute Gasteiger partial charge is 0.0942 e. The van der Waals surface area contributed by atoms with Crippen molar-refractivity contribution >= 4 is 0 Å². The number of aryl methyl sites for hydroxylation is 1. The van der Waals surface area contributed by atoms with Crippen LogP contribution >= 0.6 is 0 Å². The molecule has 0 amide bonds. The van der Waals surface area contributed by atoms with Crippen LogP contribution in [0.5, 0.6) is 0 Å². The third-order valence-electron chi connectivity index (χ3n) is 5.21. The SMILES string of the molecule is Cc1ccc(C(C)(O)C2(CN)Cc3ccccc3C2)cc1. The van der Waals surface area contributed by atoms with Gasteiger partial charge in [-0.25, -0.2) is 0 Å². The number of hydrogen-bond donors (Lipinski definition) is 2. The summed E-state index contributed by atoms with van der Waals surface area (Å²) in [6.45, 7) is 4.45. The quantitative estimate of drug-likeness (QED) is 0.908. The summed E-state index contributed by atoms with van der Waals surface area (Å²) in [7, 11) is 0. The van der Waals surface area contributed by atoms with E-state index in [9.17, 15) is 5.11 Å². The van der Waals surface area contributed by atoms with Crippen LogP contribution in [0.1, 0.15) is 29.2 Å². The van der Waals surface area contributed by atoms with E-state index in [1.54, 1.807) is 0 Å². The summed E-state index contributed by atoms with van der Waals surface area (Å²) in [4.78, 5) is 0. The molecule has 0 fully saturated rings. The maximum Gasteiger partial charge on any atom is 0.0942 e. The number of nitrogens with two attached hydrogens (primary N) is 1. The van der Waals surface area contributed by atoms with Crippen LogP contribution < -0.4 is 5.73 Å². The number of rotatable bonds is 3.